The molecule has 0 aliphatic rings. The Morgan fingerprint density at radius 2 is 1.81 bits per heavy atom. The number of hydrogen-bond donors (Lipinski definition) is 1. The number of hydrogen-bond acceptors (Lipinski definition) is 3. The van der Waals surface area contributed by atoms with Crippen molar-refractivity contribution in [3.63, 3.8) is 0 Å². The molecule has 5 nitrogen and oxygen atoms in total. The first-order chi connectivity index (χ1) is 12.2. The molecule has 2 aromatic rings. The number of rotatable bonds is 6. The summed E-state index contributed by atoms with van der Waals surface area (Å²) < 4.78 is 20.3. The van der Waals surface area contributed by atoms with Crippen LogP contribution in [0.15, 0.2) is 30.3 Å². The second-order valence-corrected chi connectivity index (χ2v) is 6.36. The van der Waals surface area contributed by atoms with Crippen molar-refractivity contribution in [2.24, 2.45) is 0 Å². The molecule has 2 atom stereocenters. The summed E-state index contributed by atoms with van der Waals surface area (Å²) >= 11 is 0. The number of halogens is 1. The van der Waals surface area contributed by atoms with Crippen molar-refractivity contribution < 1.29 is 18.7 Å². The van der Waals surface area contributed by atoms with Crippen LogP contribution in [0.4, 0.5) is 4.39 Å². The third-order valence-corrected chi connectivity index (χ3v) is 4.49. The van der Waals surface area contributed by atoms with E-state index in [4.69, 9.17) is 4.74 Å². The molecule has 1 heterocycles. The maximum atomic E-state index is 13.0. The Kier molecular flexibility index (Phi) is 6.18. The number of carbonyl (C=O) groups is 2. The molecule has 140 valence electrons. The smallest absolute Gasteiger partial charge is 0.340 e. The molecule has 1 aromatic carbocycles. The fraction of sp³-hybridized carbons (Fsp3) is 0.400. The first-order valence-corrected chi connectivity index (χ1v) is 8.68. The SMILES string of the molecule is CCn1c(C)cc(C(=O)OC(C)C(=O)NC(C)c2ccc(F)cc2)c1C. The molecule has 0 saturated carbocycles. The topological polar surface area (TPSA) is 60.3 Å². The van der Waals surface area contributed by atoms with Gasteiger partial charge in [0.25, 0.3) is 5.91 Å². The predicted molar refractivity (Wildman–Crippen MR) is 97.4 cm³/mol. The Morgan fingerprint density at radius 1 is 1.19 bits per heavy atom. The van der Waals surface area contributed by atoms with E-state index in [1.807, 2.05) is 25.3 Å². The lowest BCUT2D eigenvalue weighted by Crippen LogP contribution is -2.37. The lowest BCUT2D eigenvalue weighted by molar-refractivity contribution is -0.129. The van der Waals surface area contributed by atoms with E-state index in [0.717, 1.165) is 23.5 Å². The zero-order valence-electron chi connectivity index (χ0n) is 15.8. The van der Waals surface area contributed by atoms with E-state index in [-0.39, 0.29) is 11.9 Å². The van der Waals surface area contributed by atoms with Crippen molar-refractivity contribution in [2.75, 3.05) is 0 Å². The highest BCUT2D eigenvalue weighted by atomic mass is 19.1. The van der Waals surface area contributed by atoms with Crippen LogP contribution in [-0.4, -0.2) is 22.5 Å². The lowest BCUT2D eigenvalue weighted by Gasteiger charge is -2.18. The maximum Gasteiger partial charge on any atom is 0.340 e. The van der Waals surface area contributed by atoms with Crippen molar-refractivity contribution >= 4 is 11.9 Å². The Hall–Kier alpha value is -2.63. The van der Waals surface area contributed by atoms with Crippen molar-refractivity contribution in [3.05, 3.63) is 58.7 Å². The Labute approximate surface area is 153 Å². The van der Waals surface area contributed by atoms with E-state index >= 15 is 0 Å². The number of nitrogens with zero attached hydrogens (tertiary/aromatic N) is 1. The molecule has 1 N–H and O–H groups in total. The summed E-state index contributed by atoms with van der Waals surface area (Å²) in [5.74, 6) is -1.26. The standard InChI is InChI=1S/C20H25FN2O3/c1-6-23-12(2)11-18(14(23)4)20(25)26-15(5)19(24)22-13(3)16-7-9-17(21)10-8-16/h7-11,13,15H,6H2,1-5H3,(H,22,24). The third-order valence-electron chi connectivity index (χ3n) is 4.49. The fourth-order valence-corrected chi connectivity index (χ4v) is 2.94. The van der Waals surface area contributed by atoms with Crippen LogP contribution in [0.5, 0.6) is 0 Å². The average molecular weight is 360 g/mol. The minimum Gasteiger partial charge on any atom is -0.449 e. The van der Waals surface area contributed by atoms with Gasteiger partial charge in [0.15, 0.2) is 6.10 Å². The summed E-state index contributed by atoms with van der Waals surface area (Å²) in [6.45, 7) is 9.86. The second-order valence-electron chi connectivity index (χ2n) is 6.36. The molecule has 0 saturated heterocycles. The summed E-state index contributed by atoms with van der Waals surface area (Å²) in [7, 11) is 0. The molecular formula is C20H25FN2O3. The van der Waals surface area contributed by atoms with E-state index in [1.165, 1.54) is 19.1 Å². The van der Waals surface area contributed by atoms with Crippen molar-refractivity contribution in [1.29, 1.82) is 0 Å². The van der Waals surface area contributed by atoms with Crippen LogP contribution in [0, 0.1) is 19.7 Å². The summed E-state index contributed by atoms with van der Waals surface area (Å²) in [5.41, 5.74) is 3.03. The van der Waals surface area contributed by atoms with Gasteiger partial charge in [0.1, 0.15) is 5.82 Å². The number of nitrogens with one attached hydrogen (secondary N) is 1. The van der Waals surface area contributed by atoms with Crippen LogP contribution < -0.4 is 5.32 Å². The molecule has 1 amide bonds. The molecule has 0 radical (unpaired) electrons. The zero-order chi connectivity index (χ0) is 19.4. The monoisotopic (exact) mass is 360 g/mol. The number of carbonyl (C=O) groups excluding carboxylic acids is 2. The Bertz CT molecular complexity index is 796. The van der Waals surface area contributed by atoms with Crippen LogP contribution in [0.1, 0.15) is 54.1 Å². The number of aryl methyl sites for hydroxylation is 1. The van der Waals surface area contributed by atoms with Gasteiger partial charge in [-0.2, -0.15) is 0 Å². The second kappa shape index (κ2) is 8.17. The highest BCUT2D eigenvalue weighted by molar-refractivity contribution is 5.93. The summed E-state index contributed by atoms with van der Waals surface area (Å²) in [4.78, 5) is 24.7. The predicted octanol–water partition coefficient (Wildman–Crippen LogP) is 3.69. The van der Waals surface area contributed by atoms with Gasteiger partial charge in [-0.05, 0) is 58.4 Å². The minimum atomic E-state index is -0.935. The van der Waals surface area contributed by atoms with Gasteiger partial charge in [0, 0.05) is 17.9 Å². The molecule has 0 bridgehead atoms. The molecule has 1 aromatic heterocycles. The van der Waals surface area contributed by atoms with E-state index in [0.29, 0.717) is 5.56 Å². The van der Waals surface area contributed by atoms with Crippen LogP contribution in [0.3, 0.4) is 0 Å². The molecule has 0 fully saturated rings. The Morgan fingerprint density at radius 3 is 2.35 bits per heavy atom. The molecule has 6 heteroatoms. The van der Waals surface area contributed by atoms with E-state index in [9.17, 15) is 14.0 Å². The average Bonchev–Trinajstić information content (AvgIpc) is 2.89. The van der Waals surface area contributed by atoms with Crippen molar-refractivity contribution in [2.45, 2.75) is 53.3 Å². The quantitative estimate of drug-likeness (QED) is 0.800. The highest BCUT2D eigenvalue weighted by Crippen LogP contribution is 2.17. The molecule has 26 heavy (non-hydrogen) atoms. The van der Waals surface area contributed by atoms with Crippen LogP contribution in [0.2, 0.25) is 0 Å². The summed E-state index contributed by atoms with van der Waals surface area (Å²) in [6.07, 6.45) is -0.935. The molecule has 0 spiro atoms. The number of esters is 1. The van der Waals surface area contributed by atoms with Gasteiger partial charge in [0.2, 0.25) is 0 Å². The number of aromatic nitrogens is 1. The third kappa shape index (κ3) is 4.31. The molecule has 0 aliphatic heterocycles. The van der Waals surface area contributed by atoms with Crippen molar-refractivity contribution in [1.82, 2.24) is 9.88 Å². The number of benzene rings is 1. The Balaban J connectivity index is 2.00. The number of amides is 1. The minimum absolute atomic E-state index is 0.325. The van der Waals surface area contributed by atoms with Gasteiger partial charge in [-0.1, -0.05) is 12.1 Å². The summed E-state index contributed by atoms with van der Waals surface area (Å²) in [5, 5.41) is 2.77. The normalized spacial score (nSPS) is 13.2. The lowest BCUT2D eigenvalue weighted by atomic mass is 10.1. The fourth-order valence-electron chi connectivity index (χ4n) is 2.94. The first kappa shape index (κ1) is 19.7. The first-order valence-electron chi connectivity index (χ1n) is 8.68. The number of ether oxygens (including phenoxy) is 1. The van der Waals surface area contributed by atoms with E-state index < -0.39 is 18.0 Å². The molecule has 2 rings (SSSR count). The van der Waals surface area contributed by atoms with Gasteiger partial charge in [0.05, 0.1) is 11.6 Å². The molecule has 2 unspecified atom stereocenters. The largest absolute Gasteiger partial charge is 0.449 e. The van der Waals surface area contributed by atoms with Crippen LogP contribution in [-0.2, 0) is 16.1 Å². The van der Waals surface area contributed by atoms with E-state index in [1.54, 1.807) is 25.1 Å². The summed E-state index contributed by atoms with van der Waals surface area (Å²) in [6, 6.07) is 7.34. The van der Waals surface area contributed by atoms with Crippen molar-refractivity contribution in [3.8, 4) is 0 Å². The maximum absolute atomic E-state index is 13.0. The van der Waals surface area contributed by atoms with Gasteiger partial charge < -0.3 is 14.6 Å². The van der Waals surface area contributed by atoms with E-state index in [2.05, 4.69) is 5.32 Å². The van der Waals surface area contributed by atoms with Gasteiger partial charge in [-0.25, -0.2) is 9.18 Å². The zero-order valence-corrected chi connectivity index (χ0v) is 15.8. The van der Waals surface area contributed by atoms with Gasteiger partial charge in [-0.3, -0.25) is 4.79 Å². The van der Waals surface area contributed by atoms with Gasteiger partial charge >= 0.3 is 5.97 Å². The molecule has 0 aliphatic carbocycles. The van der Waals surface area contributed by atoms with Crippen LogP contribution >= 0.6 is 0 Å². The highest BCUT2D eigenvalue weighted by Gasteiger charge is 2.23. The van der Waals surface area contributed by atoms with Gasteiger partial charge in [-0.15, -0.1) is 0 Å². The van der Waals surface area contributed by atoms with Crippen LogP contribution in [0.25, 0.3) is 0 Å². The molecular weight excluding hydrogens is 335 g/mol.